The van der Waals surface area contributed by atoms with Gasteiger partial charge in [-0.3, -0.25) is 4.79 Å². The number of rotatable bonds is 4. The maximum absolute atomic E-state index is 12.1. The van der Waals surface area contributed by atoms with Crippen LogP contribution in [-0.2, 0) is 4.74 Å². The molecular weight excluding hydrogens is 292 g/mol. The first kappa shape index (κ1) is 15.1. The van der Waals surface area contributed by atoms with Gasteiger partial charge in [0.05, 0.1) is 5.56 Å². The van der Waals surface area contributed by atoms with E-state index in [2.05, 4.69) is 0 Å². The highest BCUT2D eigenvalue weighted by Gasteiger charge is 2.20. The monoisotopic (exact) mass is 304 g/mol. The number of carbonyl (C=O) groups is 2. The smallest absolute Gasteiger partial charge is 0.338 e. The zero-order valence-corrected chi connectivity index (χ0v) is 12.0. The van der Waals surface area contributed by atoms with Crippen LogP contribution >= 0.6 is 11.6 Å². The molecule has 0 heterocycles. The third-order valence-electron chi connectivity index (χ3n) is 2.86. The van der Waals surface area contributed by atoms with Gasteiger partial charge in [-0.15, -0.1) is 0 Å². The number of phenols is 1. The number of ether oxygens (including phenoxy) is 1. The molecule has 0 amide bonds. The predicted octanol–water partition coefficient (Wildman–Crippen LogP) is 3.47. The van der Waals surface area contributed by atoms with E-state index in [9.17, 15) is 14.7 Å². The molecule has 4 nitrogen and oxygen atoms in total. The second-order valence-corrected chi connectivity index (χ2v) is 4.91. The van der Waals surface area contributed by atoms with E-state index in [1.807, 2.05) is 0 Å². The van der Waals surface area contributed by atoms with Crippen LogP contribution in [0.3, 0.4) is 0 Å². The lowest BCUT2D eigenvalue weighted by Gasteiger charge is -2.12. The Morgan fingerprint density at radius 1 is 1.10 bits per heavy atom. The van der Waals surface area contributed by atoms with E-state index in [-0.39, 0.29) is 17.1 Å². The van der Waals surface area contributed by atoms with Gasteiger partial charge in [0.2, 0.25) is 5.78 Å². The van der Waals surface area contributed by atoms with Crippen molar-refractivity contribution < 1.29 is 19.4 Å². The van der Waals surface area contributed by atoms with Crippen molar-refractivity contribution in [2.75, 3.05) is 0 Å². The first-order valence-electron chi connectivity index (χ1n) is 6.27. The normalized spacial score (nSPS) is 11.7. The number of carbonyl (C=O) groups excluding carboxylic acids is 2. The van der Waals surface area contributed by atoms with Gasteiger partial charge in [-0.25, -0.2) is 4.79 Å². The minimum absolute atomic E-state index is 0.0406. The molecule has 5 heteroatoms. The van der Waals surface area contributed by atoms with E-state index < -0.39 is 12.1 Å². The predicted molar refractivity (Wildman–Crippen MR) is 78.8 cm³/mol. The third-order valence-corrected chi connectivity index (χ3v) is 3.12. The van der Waals surface area contributed by atoms with Crippen molar-refractivity contribution in [2.24, 2.45) is 0 Å². The van der Waals surface area contributed by atoms with Gasteiger partial charge < -0.3 is 9.84 Å². The van der Waals surface area contributed by atoms with Crippen LogP contribution in [0.4, 0.5) is 0 Å². The lowest BCUT2D eigenvalue weighted by atomic mass is 10.1. The number of phenolic OH excluding ortho intramolecular Hbond substituents is 1. The zero-order valence-electron chi connectivity index (χ0n) is 11.2. The van der Waals surface area contributed by atoms with Crippen LogP contribution in [0, 0.1) is 0 Å². The molecule has 1 atom stereocenters. The van der Waals surface area contributed by atoms with Gasteiger partial charge in [0, 0.05) is 10.6 Å². The average molecular weight is 305 g/mol. The molecule has 1 N–H and O–H groups in total. The van der Waals surface area contributed by atoms with Gasteiger partial charge in [0.25, 0.3) is 0 Å². The molecule has 0 saturated heterocycles. The Kier molecular flexibility index (Phi) is 4.60. The second kappa shape index (κ2) is 6.41. The summed E-state index contributed by atoms with van der Waals surface area (Å²) in [5, 5.41) is 9.85. The minimum atomic E-state index is -0.930. The molecule has 0 aromatic heterocycles. The fourth-order valence-electron chi connectivity index (χ4n) is 1.76. The maximum Gasteiger partial charge on any atom is 0.338 e. The molecule has 0 saturated carbocycles. The number of hydrogen-bond acceptors (Lipinski definition) is 4. The lowest BCUT2D eigenvalue weighted by Crippen LogP contribution is -2.24. The average Bonchev–Trinajstić information content (AvgIpc) is 2.47. The van der Waals surface area contributed by atoms with Crippen molar-refractivity contribution in [3.63, 3.8) is 0 Å². The van der Waals surface area contributed by atoms with Gasteiger partial charge in [-0.05, 0) is 49.4 Å². The van der Waals surface area contributed by atoms with Crippen molar-refractivity contribution in [1.82, 2.24) is 0 Å². The first-order chi connectivity index (χ1) is 9.97. The molecule has 21 heavy (non-hydrogen) atoms. The summed E-state index contributed by atoms with van der Waals surface area (Å²) in [6, 6.07) is 12.1. The molecule has 0 aliphatic heterocycles. The van der Waals surface area contributed by atoms with Crippen LogP contribution in [-0.4, -0.2) is 23.0 Å². The van der Waals surface area contributed by atoms with Gasteiger partial charge in [0.15, 0.2) is 6.10 Å². The van der Waals surface area contributed by atoms with E-state index in [0.29, 0.717) is 10.6 Å². The van der Waals surface area contributed by atoms with E-state index >= 15 is 0 Å². The minimum Gasteiger partial charge on any atom is -0.508 e. The van der Waals surface area contributed by atoms with E-state index in [1.54, 1.807) is 24.3 Å². The Bertz CT molecular complexity index is 664. The Morgan fingerprint density at radius 3 is 2.38 bits per heavy atom. The second-order valence-electron chi connectivity index (χ2n) is 4.47. The summed E-state index contributed by atoms with van der Waals surface area (Å²) in [5.74, 6) is -1.03. The maximum atomic E-state index is 12.1. The quantitative estimate of drug-likeness (QED) is 0.694. The summed E-state index contributed by atoms with van der Waals surface area (Å²) in [6.07, 6.45) is -0.930. The van der Waals surface area contributed by atoms with Crippen LogP contribution in [0.1, 0.15) is 27.6 Å². The Labute approximate surface area is 126 Å². The van der Waals surface area contributed by atoms with Crippen molar-refractivity contribution in [3.05, 3.63) is 64.7 Å². The van der Waals surface area contributed by atoms with Crippen LogP contribution in [0.5, 0.6) is 5.75 Å². The molecule has 2 aromatic rings. The molecular formula is C16H13ClO4. The molecule has 0 aliphatic carbocycles. The number of esters is 1. The summed E-state index contributed by atoms with van der Waals surface area (Å²) < 4.78 is 5.11. The summed E-state index contributed by atoms with van der Waals surface area (Å²) in [7, 11) is 0. The molecule has 2 rings (SSSR count). The number of halogens is 1. The third kappa shape index (κ3) is 3.83. The highest BCUT2D eigenvalue weighted by Crippen LogP contribution is 2.15. The SMILES string of the molecule is C[C@H](OC(=O)c1cccc(O)c1)C(=O)c1ccc(Cl)cc1. The molecule has 0 aliphatic rings. The zero-order chi connectivity index (χ0) is 15.4. The summed E-state index contributed by atoms with van der Waals surface area (Å²) in [6.45, 7) is 1.50. The van der Waals surface area contributed by atoms with Crippen LogP contribution in [0.15, 0.2) is 48.5 Å². The fraction of sp³-hybridized carbons (Fsp3) is 0.125. The highest BCUT2D eigenvalue weighted by molar-refractivity contribution is 6.30. The largest absolute Gasteiger partial charge is 0.508 e. The van der Waals surface area contributed by atoms with Gasteiger partial charge in [0.1, 0.15) is 5.75 Å². The summed E-state index contributed by atoms with van der Waals surface area (Å²) in [5.41, 5.74) is 0.598. The number of aromatic hydroxyl groups is 1. The molecule has 108 valence electrons. The van der Waals surface area contributed by atoms with Crippen LogP contribution in [0.2, 0.25) is 5.02 Å². The number of benzene rings is 2. The van der Waals surface area contributed by atoms with E-state index in [1.165, 1.54) is 31.2 Å². The fourth-order valence-corrected chi connectivity index (χ4v) is 1.89. The van der Waals surface area contributed by atoms with Crippen LogP contribution in [0.25, 0.3) is 0 Å². The Hall–Kier alpha value is -2.33. The lowest BCUT2D eigenvalue weighted by molar-refractivity contribution is 0.0318. The Morgan fingerprint density at radius 2 is 1.76 bits per heavy atom. The van der Waals surface area contributed by atoms with Crippen LogP contribution < -0.4 is 0 Å². The van der Waals surface area contributed by atoms with Crippen molar-refractivity contribution >= 4 is 23.4 Å². The van der Waals surface area contributed by atoms with Gasteiger partial charge in [-0.2, -0.15) is 0 Å². The number of Topliss-reactive ketones (excluding diaryl/α,β-unsaturated/α-hetero) is 1. The number of ketones is 1. The topological polar surface area (TPSA) is 63.6 Å². The highest BCUT2D eigenvalue weighted by atomic mass is 35.5. The van der Waals surface area contributed by atoms with Crippen molar-refractivity contribution in [2.45, 2.75) is 13.0 Å². The standard InChI is InChI=1S/C16H13ClO4/c1-10(15(19)11-5-7-13(17)8-6-11)21-16(20)12-3-2-4-14(18)9-12/h2-10,18H,1H3/t10-/m0/s1. The van der Waals surface area contributed by atoms with Crippen molar-refractivity contribution in [1.29, 1.82) is 0 Å². The molecule has 0 fully saturated rings. The van der Waals surface area contributed by atoms with E-state index in [0.717, 1.165) is 0 Å². The Balaban J connectivity index is 2.07. The summed E-state index contributed by atoms with van der Waals surface area (Å²) >= 11 is 5.75. The van der Waals surface area contributed by atoms with Gasteiger partial charge in [-0.1, -0.05) is 17.7 Å². The number of hydrogen-bond donors (Lipinski definition) is 1. The van der Waals surface area contributed by atoms with Crippen molar-refractivity contribution in [3.8, 4) is 5.75 Å². The molecule has 2 aromatic carbocycles. The molecule has 0 unspecified atom stereocenters. The molecule has 0 radical (unpaired) electrons. The molecule has 0 bridgehead atoms. The van der Waals surface area contributed by atoms with E-state index in [4.69, 9.17) is 16.3 Å². The van der Waals surface area contributed by atoms with Gasteiger partial charge >= 0.3 is 5.97 Å². The first-order valence-corrected chi connectivity index (χ1v) is 6.65. The molecule has 0 spiro atoms. The summed E-state index contributed by atoms with van der Waals surface area (Å²) in [4.78, 5) is 24.0.